The summed E-state index contributed by atoms with van der Waals surface area (Å²) in [4.78, 5) is 14.9. The van der Waals surface area contributed by atoms with Gasteiger partial charge in [-0.1, -0.05) is 12.1 Å². The predicted molar refractivity (Wildman–Crippen MR) is 38.8 cm³/mol. The van der Waals surface area contributed by atoms with Crippen molar-refractivity contribution in [2.75, 3.05) is 13.7 Å². The van der Waals surface area contributed by atoms with Crippen LogP contribution in [-0.4, -0.2) is 25.8 Å². The average Bonchev–Trinajstić information content (AvgIpc) is 1.97. The quantitative estimate of drug-likeness (QED) is 0.451. The molecule has 0 saturated carbocycles. The van der Waals surface area contributed by atoms with E-state index in [9.17, 15) is 4.79 Å². The zero-order valence-electron chi connectivity index (χ0n) is 6.26. The molecule has 0 aromatic carbocycles. The number of carbonyl (C=O) groups excluding carboxylic acids is 1. The summed E-state index contributed by atoms with van der Waals surface area (Å²) in [6.07, 6.45) is 2.03. The van der Waals surface area contributed by atoms with E-state index in [1.54, 1.807) is 0 Å². The second kappa shape index (κ2) is 6.07. The Morgan fingerprint density at radius 3 is 3.00 bits per heavy atom. The fourth-order valence-corrected chi connectivity index (χ4v) is 0.394. The Hall–Kier alpha value is -1.06. The van der Waals surface area contributed by atoms with Crippen molar-refractivity contribution >= 4 is 12.1 Å². The molecule has 0 aromatic heterocycles. The van der Waals surface area contributed by atoms with Gasteiger partial charge in [-0.05, 0) is 6.42 Å². The highest BCUT2D eigenvalue weighted by molar-refractivity contribution is 6.26. The Morgan fingerprint density at radius 1 is 1.80 bits per heavy atom. The van der Waals surface area contributed by atoms with E-state index >= 15 is 0 Å². The molecule has 0 aromatic rings. The van der Waals surface area contributed by atoms with Crippen molar-refractivity contribution in [3.8, 4) is 0 Å². The summed E-state index contributed by atoms with van der Waals surface area (Å²) in [5.41, 5.74) is 0. The summed E-state index contributed by atoms with van der Waals surface area (Å²) in [6.45, 7) is 2.66. The first-order valence-corrected chi connectivity index (χ1v) is 3.15. The van der Waals surface area contributed by atoms with Crippen LogP contribution in [0.5, 0.6) is 0 Å². The summed E-state index contributed by atoms with van der Waals surface area (Å²) in [6, 6.07) is 0. The van der Waals surface area contributed by atoms with E-state index in [4.69, 9.17) is 0 Å². The van der Waals surface area contributed by atoms with Crippen molar-refractivity contribution in [3.05, 3.63) is 0 Å². The molecular weight excluding hydrogens is 132 g/mol. The minimum Gasteiger partial charge on any atom is -0.399 e. The van der Waals surface area contributed by atoms with Crippen molar-refractivity contribution in [3.63, 3.8) is 0 Å². The molecule has 0 aliphatic rings. The van der Waals surface area contributed by atoms with Crippen LogP contribution in [0, 0.1) is 0 Å². The maximum atomic E-state index is 10.6. The Balaban J connectivity index is 3.34. The van der Waals surface area contributed by atoms with Crippen molar-refractivity contribution < 1.29 is 9.63 Å². The van der Waals surface area contributed by atoms with Crippen LogP contribution < -0.4 is 5.32 Å². The van der Waals surface area contributed by atoms with Crippen LogP contribution in [0.4, 0.5) is 0 Å². The lowest BCUT2D eigenvalue weighted by Gasteiger charge is -1.95. The van der Waals surface area contributed by atoms with Gasteiger partial charge in [0, 0.05) is 6.54 Å². The van der Waals surface area contributed by atoms with Crippen LogP contribution in [0.3, 0.4) is 0 Å². The van der Waals surface area contributed by atoms with Crippen molar-refractivity contribution in [2.24, 2.45) is 5.16 Å². The number of nitrogens with one attached hydrogen (secondary N) is 1. The van der Waals surface area contributed by atoms with Crippen molar-refractivity contribution in [1.29, 1.82) is 0 Å². The third-order valence-corrected chi connectivity index (χ3v) is 0.825. The third-order valence-electron chi connectivity index (χ3n) is 0.825. The van der Waals surface area contributed by atoms with Crippen LogP contribution in [0.1, 0.15) is 13.3 Å². The zero-order valence-corrected chi connectivity index (χ0v) is 6.26. The topological polar surface area (TPSA) is 50.7 Å². The van der Waals surface area contributed by atoms with Gasteiger partial charge < -0.3 is 10.2 Å². The van der Waals surface area contributed by atoms with E-state index in [0.717, 1.165) is 12.6 Å². The second-order valence-corrected chi connectivity index (χ2v) is 1.71. The molecule has 0 atom stereocenters. The fraction of sp³-hybridized carbons (Fsp3) is 0.667. The molecule has 0 unspecified atom stereocenters. The van der Waals surface area contributed by atoms with E-state index in [1.165, 1.54) is 7.11 Å². The third kappa shape index (κ3) is 5.08. The maximum absolute atomic E-state index is 10.6. The van der Waals surface area contributed by atoms with E-state index in [-0.39, 0.29) is 5.91 Å². The molecular formula is C6H12N2O2. The molecule has 0 heterocycles. The lowest BCUT2D eigenvalue weighted by Crippen LogP contribution is -2.24. The molecule has 58 valence electrons. The SMILES string of the molecule is CCCNC(=O)/C=N/OC. The fourth-order valence-electron chi connectivity index (χ4n) is 0.394. The van der Waals surface area contributed by atoms with Gasteiger partial charge in [0.25, 0.3) is 5.91 Å². The van der Waals surface area contributed by atoms with E-state index in [1.807, 2.05) is 6.92 Å². The molecule has 0 bridgehead atoms. The van der Waals surface area contributed by atoms with Crippen LogP contribution >= 0.6 is 0 Å². The molecule has 4 nitrogen and oxygen atoms in total. The van der Waals surface area contributed by atoms with Gasteiger partial charge in [0.15, 0.2) is 0 Å². The number of hydrogen-bond donors (Lipinski definition) is 1. The Labute approximate surface area is 60.2 Å². The van der Waals surface area contributed by atoms with E-state index in [0.29, 0.717) is 6.54 Å². The number of hydrogen-bond acceptors (Lipinski definition) is 3. The minimum atomic E-state index is -0.219. The highest BCUT2D eigenvalue weighted by atomic mass is 16.6. The van der Waals surface area contributed by atoms with Gasteiger partial charge in [0.1, 0.15) is 13.3 Å². The van der Waals surface area contributed by atoms with Gasteiger partial charge in [0.2, 0.25) is 0 Å². The molecule has 0 radical (unpaired) electrons. The maximum Gasteiger partial charge on any atom is 0.265 e. The standard InChI is InChI=1S/C6H12N2O2/c1-3-4-7-6(9)5-8-10-2/h5H,3-4H2,1-2H3,(H,7,9)/b8-5+. The van der Waals surface area contributed by atoms with Gasteiger partial charge in [0.05, 0.1) is 0 Å². The molecule has 4 heteroatoms. The van der Waals surface area contributed by atoms with Crippen LogP contribution in [-0.2, 0) is 9.63 Å². The molecule has 10 heavy (non-hydrogen) atoms. The minimum absolute atomic E-state index is 0.219. The van der Waals surface area contributed by atoms with Crippen molar-refractivity contribution in [2.45, 2.75) is 13.3 Å². The lowest BCUT2D eigenvalue weighted by atomic mass is 10.5. The first-order valence-electron chi connectivity index (χ1n) is 3.15. The highest BCUT2D eigenvalue weighted by Gasteiger charge is 1.91. The first kappa shape index (κ1) is 8.94. The number of amides is 1. The Morgan fingerprint density at radius 2 is 2.50 bits per heavy atom. The number of oxime groups is 1. The summed E-state index contributed by atoms with van der Waals surface area (Å²) >= 11 is 0. The normalized spacial score (nSPS) is 9.80. The van der Waals surface area contributed by atoms with Crippen LogP contribution in [0.15, 0.2) is 5.16 Å². The first-order chi connectivity index (χ1) is 4.81. The Kier molecular flexibility index (Phi) is 5.42. The molecule has 0 spiro atoms. The summed E-state index contributed by atoms with van der Waals surface area (Å²) in [7, 11) is 1.39. The van der Waals surface area contributed by atoms with Crippen LogP contribution in [0.25, 0.3) is 0 Å². The molecule has 0 saturated heterocycles. The van der Waals surface area contributed by atoms with Gasteiger partial charge in [-0.2, -0.15) is 0 Å². The monoisotopic (exact) mass is 144 g/mol. The molecule has 1 amide bonds. The molecule has 0 aliphatic carbocycles. The smallest absolute Gasteiger partial charge is 0.265 e. The van der Waals surface area contributed by atoms with E-state index in [2.05, 4.69) is 15.3 Å². The number of rotatable bonds is 4. The average molecular weight is 144 g/mol. The van der Waals surface area contributed by atoms with Gasteiger partial charge in [-0.3, -0.25) is 4.79 Å². The second-order valence-electron chi connectivity index (χ2n) is 1.71. The Bertz CT molecular complexity index is 123. The summed E-state index contributed by atoms with van der Waals surface area (Å²) in [5, 5.41) is 5.89. The van der Waals surface area contributed by atoms with Crippen LogP contribution in [0.2, 0.25) is 0 Å². The molecule has 0 aliphatic heterocycles. The largest absolute Gasteiger partial charge is 0.399 e. The van der Waals surface area contributed by atoms with Gasteiger partial charge >= 0.3 is 0 Å². The lowest BCUT2D eigenvalue weighted by molar-refractivity contribution is -0.114. The molecule has 1 N–H and O–H groups in total. The van der Waals surface area contributed by atoms with E-state index < -0.39 is 0 Å². The molecule has 0 fully saturated rings. The van der Waals surface area contributed by atoms with Crippen molar-refractivity contribution in [1.82, 2.24) is 5.32 Å². The summed E-state index contributed by atoms with van der Waals surface area (Å²) in [5.74, 6) is -0.219. The molecule has 0 rings (SSSR count). The number of carbonyl (C=O) groups is 1. The summed E-state index contributed by atoms with van der Waals surface area (Å²) < 4.78 is 0. The number of nitrogens with zero attached hydrogens (tertiary/aromatic N) is 1. The predicted octanol–water partition coefficient (Wildman–Crippen LogP) is 0.145. The van der Waals surface area contributed by atoms with Gasteiger partial charge in [-0.15, -0.1) is 0 Å². The highest BCUT2D eigenvalue weighted by Crippen LogP contribution is 1.70. The zero-order chi connectivity index (χ0) is 7.82. The van der Waals surface area contributed by atoms with Gasteiger partial charge in [-0.25, -0.2) is 0 Å².